The van der Waals surface area contributed by atoms with E-state index in [9.17, 15) is 4.79 Å². The van der Waals surface area contributed by atoms with Gasteiger partial charge in [-0.25, -0.2) is 9.97 Å². The molecule has 2 heterocycles. The number of anilines is 1. The molecule has 27 heavy (non-hydrogen) atoms. The van der Waals surface area contributed by atoms with E-state index >= 15 is 0 Å². The van der Waals surface area contributed by atoms with Gasteiger partial charge in [0.15, 0.2) is 0 Å². The van der Waals surface area contributed by atoms with Crippen LogP contribution in [0.3, 0.4) is 0 Å². The Labute approximate surface area is 161 Å². The van der Waals surface area contributed by atoms with Crippen molar-refractivity contribution in [2.24, 2.45) is 0 Å². The zero-order valence-electron chi connectivity index (χ0n) is 15.8. The number of carbonyl (C=O) groups excluding carboxylic acids is 1. The van der Waals surface area contributed by atoms with Crippen LogP contribution in [0.2, 0.25) is 0 Å². The highest BCUT2D eigenvalue weighted by Gasteiger charge is 2.23. The number of nitrogens with one attached hydrogen (secondary N) is 1. The molecular weight excluding hydrogens is 340 g/mol. The first kappa shape index (κ1) is 17.9. The second-order valence-electron chi connectivity index (χ2n) is 7.31. The van der Waals surface area contributed by atoms with Crippen LogP contribution in [0.5, 0.6) is 0 Å². The number of hydrogen-bond donors (Lipinski definition) is 1. The first-order chi connectivity index (χ1) is 13.2. The maximum Gasteiger partial charge on any atom is 0.258 e. The highest BCUT2D eigenvalue weighted by molar-refractivity contribution is 5.93. The van der Waals surface area contributed by atoms with Gasteiger partial charge in [-0.2, -0.15) is 0 Å². The van der Waals surface area contributed by atoms with Crippen LogP contribution in [0.1, 0.15) is 48.2 Å². The fourth-order valence-electron chi connectivity index (χ4n) is 3.78. The van der Waals surface area contributed by atoms with E-state index < -0.39 is 0 Å². The molecule has 2 aromatic rings. The first-order valence-corrected chi connectivity index (χ1v) is 9.79. The quantitative estimate of drug-likeness (QED) is 0.898. The number of rotatable bonds is 4. The zero-order valence-corrected chi connectivity index (χ0v) is 15.8. The van der Waals surface area contributed by atoms with Gasteiger partial charge in [0, 0.05) is 33.0 Å². The molecule has 1 atom stereocenters. The van der Waals surface area contributed by atoms with Crippen molar-refractivity contribution < 1.29 is 11.0 Å². The van der Waals surface area contributed by atoms with E-state index in [1.807, 2.05) is 0 Å². The Hall–Kier alpha value is -2.47. The number of aromatic nitrogens is 2. The lowest BCUT2D eigenvalue weighted by atomic mass is 10.1. The van der Waals surface area contributed by atoms with Crippen LogP contribution in [0, 0.1) is 0 Å². The smallest absolute Gasteiger partial charge is 0.258 e. The van der Waals surface area contributed by atoms with Crippen molar-refractivity contribution in [1.29, 1.82) is 0 Å². The maximum absolute atomic E-state index is 12.6. The summed E-state index contributed by atoms with van der Waals surface area (Å²) in [6.07, 6.45) is 8.21. The van der Waals surface area contributed by atoms with Crippen LogP contribution in [0.25, 0.3) is 0 Å². The highest BCUT2D eigenvalue weighted by atomic mass is 16.5. The van der Waals surface area contributed by atoms with Crippen molar-refractivity contribution in [1.82, 2.24) is 14.9 Å². The van der Waals surface area contributed by atoms with Crippen LogP contribution in [-0.4, -0.2) is 46.7 Å². The topological polar surface area (TPSA) is 67.4 Å². The molecule has 0 spiro atoms. The molecule has 0 saturated carbocycles. The third-order valence-electron chi connectivity index (χ3n) is 5.34. The number of ether oxygens (including phenoxy) is 1. The van der Waals surface area contributed by atoms with E-state index in [1.165, 1.54) is 16.7 Å². The number of fused-ring (bicyclic) bond motifs is 1. The Morgan fingerprint density at radius 3 is 2.89 bits per heavy atom. The molecule has 6 nitrogen and oxygen atoms in total. The fraction of sp³-hybridized carbons (Fsp3) is 0.476. The molecule has 1 amide bonds. The summed E-state index contributed by atoms with van der Waals surface area (Å²) in [5.74, 6) is 0.510. The van der Waals surface area contributed by atoms with E-state index in [4.69, 9.17) is 4.74 Å². The van der Waals surface area contributed by atoms with E-state index in [1.54, 1.807) is 17.3 Å². The van der Waals surface area contributed by atoms with Gasteiger partial charge in [0.25, 0.3) is 5.91 Å². The number of aryl methyl sites for hydroxylation is 1. The van der Waals surface area contributed by atoms with E-state index in [0.29, 0.717) is 30.9 Å². The molecule has 144 valence electrons. The monoisotopic (exact) mass is 368 g/mol. The van der Waals surface area contributed by atoms with E-state index in [2.05, 4.69) is 40.4 Å². The molecule has 0 radical (unpaired) electrons. The van der Waals surface area contributed by atoms with Gasteiger partial charge in [-0.1, -0.05) is 25.1 Å². The highest BCUT2D eigenvalue weighted by Crippen LogP contribution is 2.25. The third-order valence-corrected chi connectivity index (χ3v) is 5.34. The predicted octanol–water partition coefficient (Wildman–Crippen LogP) is 3.07. The average molecular weight is 368 g/mol. The molecular formula is C21H28N4O2. The molecule has 4 rings (SSSR count). The normalized spacial score (nSPS) is 19.4. The Balaban J connectivity index is 0.00000225. The number of amides is 1. The Morgan fingerprint density at radius 2 is 2.07 bits per heavy atom. The molecule has 6 heteroatoms. The average Bonchev–Trinajstić information content (AvgIpc) is 2.90. The molecule has 1 N–H and O–H groups in total. The van der Waals surface area contributed by atoms with E-state index in [-0.39, 0.29) is 7.33 Å². The number of nitrogens with zero attached hydrogens (tertiary/aromatic N) is 3. The summed E-state index contributed by atoms with van der Waals surface area (Å²) in [4.78, 5) is 23.0. The Kier molecular flexibility index (Phi) is 5.34. The van der Waals surface area contributed by atoms with E-state index in [0.717, 1.165) is 38.6 Å². The van der Waals surface area contributed by atoms with Gasteiger partial charge < -0.3 is 15.0 Å². The van der Waals surface area contributed by atoms with Crippen molar-refractivity contribution >= 4 is 11.9 Å². The van der Waals surface area contributed by atoms with Crippen LogP contribution < -0.4 is 5.32 Å². The summed E-state index contributed by atoms with van der Waals surface area (Å²) >= 11 is 0. The van der Waals surface area contributed by atoms with Gasteiger partial charge in [0.05, 0.1) is 5.56 Å². The Morgan fingerprint density at radius 1 is 1.26 bits per heavy atom. The lowest BCUT2D eigenvalue weighted by Gasteiger charge is -2.19. The predicted molar refractivity (Wildman–Crippen MR) is 106 cm³/mol. The summed E-state index contributed by atoms with van der Waals surface area (Å²) in [5.41, 5.74) is 4.71. The summed E-state index contributed by atoms with van der Waals surface area (Å²) in [6.45, 7) is 3.96. The summed E-state index contributed by atoms with van der Waals surface area (Å²) < 4.78 is 5.46. The van der Waals surface area contributed by atoms with Crippen molar-refractivity contribution in [2.75, 3.05) is 25.2 Å². The molecule has 1 aliphatic heterocycles. The summed E-state index contributed by atoms with van der Waals surface area (Å²) in [7, 11) is 0. The van der Waals surface area contributed by atoms with Crippen molar-refractivity contribution in [3.63, 3.8) is 0 Å². The second kappa shape index (κ2) is 8.05. The zero-order chi connectivity index (χ0) is 18.6. The molecule has 1 aromatic carbocycles. The van der Waals surface area contributed by atoms with Crippen LogP contribution in [-0.2, 0) is 24.0 Å². The minimum Gasteiger partial charge on any atom is -0.361 e. The standard InChI is InChI=1S/C21H26N4O2.H2/c1-2-15-5-6-16-10-19(11-17(16)9-15)24-21-22-12-18(13-23-21)20(26)25-7-3-4-8-27-14-25;/h5-6,9,12-13,19H,2-4,7-8,10-11,14H2,1H3,(H,22,23,24);1H. The lowest BCUT2D eigenvalue weighted by Crippen LogP contribution is -2.33. The number of benzene rings is 1. The molecule has 0 bridgehead atoms. The largest absolute Gasteiger partial charge is 0.361 e. The minimum atomic E-state index is -0.0659. The number of carbonyl (C=O) groups is 1. The summed E-state index contributed by atoms with van der Waals surface area (Å²) in [5, 5.41) is 3.41. The first-order valence-electron chi connectivity index (χ1n) is 9.79. The minimum absolute atomic E-state index is 0. The SMILES string of the molecule is CCc1ccc2c(c1)CC(Nc1ncc(C(=O)N3CCCCOC3)cn1)C2.[HH]. The van der Waals surface area contributed by atoms with Crippen LogP contribution >= 0.6 is 0 Å². The van der Waals surface area contributed by atoms with Gasteiger partial charge in [0.1, 0.15) is 6.73 Å². The maximum atomic E-state index is 12.6. The van der Waals surface area contributed by atoms with Crippen LogP contribution in [0.15, 0.2) is 30.6 Å². The molecule has 1 unspecified atom stereocenters. The molecule has 1 fully saturated rings. The van der Waals surface area contributed by atoms with Gasteiger partial charge >= 0.3 is 0 Å². The molecule has 2 aliphatic rings. The van der Waals surface area contributed by atoms with Gasteiger partial charge in [0.2, 0.25) is 5.95 Å². The lowest BCUT2D eigenvalue weighted by molar-refractivity contribution is 0.0368. The third kappa shape index (κ3) is 4.11. The van der Waals surface area contributed by atoms with Crippen molar-refractivity contribution in [2.45, 2.75) is 45.1 Å². The number of hydrogen-bond acceptors (Lipinski definition) is 5. The summed E-state index contributed by atoms with van der Waals surface area (Å²) in [6, 6.07) is 7.06. The van der Waals surface area contributed by atoms with Crippen molar-refractivity contribution in [3.05, 3.63) is 52.8 Å². The molecule has 1 aromatic heterocycles. The molecule has 1 saturated heterocycles. The van der Waals surface area contributed by atoms with Gasteiger partial charge in [-0.3, -0.25) is 4.79 Å². The Bertz CT molecular complexity index is 805. The van der Waals surface area contributed by atoms with Crippen molar-refractivity contribution in [3.8, 4) is 0 Å². The molecule has 1 aliphatic carbocycles. The van der Waals surface area contributed by atoms with Crippen LogP contribution in [0.4, 0.5) is 5.95 Å². The van der Waals surface area contributed by atoms with Gasteiger partial charge in [-0.05, 0) is 48.8 Å². The second-order valence-corrected chi connectivity index (χ2v) is 7.31. The van der Waals surface area contributed by atoms with Gasteiger partial charge in [-0.15, -0.1) is 0 Å². The fourth-order valence-corrected chi connectivity index (χ4v) is 3.78.